The standard InChI is InChI=1S/C26H31N3O3S/c1-5-21-18(11-12-29-14-20(15-29)26(30)31)7-6-8-22(21)24-27-25(33-28-24)19-9-10-23(17(4)13-19)32-16(2)3/h6-10,13,16,20H,5,11-12,14-15H2,1-4H3,(H,30,31). The summed E-state index contributed by atoms with van der Waals surface area (Å²) in [5.74, 6) is 0.763. The number of likely N-dealkylation sites (tertiary alicyclic amines) is 1. The van der Waals surface area contributed by atoms with Gasteiger partial charge in [-0.05, 0) is 80.0 Å². The smallest absolute Gasteiger partial charge is 0.309 e. The summed E-state index contributed by atoms with van der Waals surface area (Å²) in [6.45, 7) is 10.4. The van der Waals surface area contributed by atoms with Gasteiger partial charge in [0.05, 0.1) is 12.0 Å². The predicted octanol–water partition coefficient (Wildman–Crippen LogP) is 5.09. The first-order valence-electron chi connectivity index (χ1n) is 11.5. The van der Waals surface area contributed by atoms with E-state index >= 15 is 0 Å². The normalized spacial score (nSPS) is 14.5. The lowest BCUT2D eigenvalue weighted by atomic mass is 9.94. The van der Waals surface area contributed by atoms with Crippen LogP contribution >= 0.6 is 11.5 Å². The fourth-order valence-corrected chi connectivity index (χ4v) is 4.97. The highest BCUT2D eigenvalue weighted by Gasteiger charge is 2.32. The minimum absolute atomic E-state index is 0.141. The van der Waals surface area contributed by atoms with E-state index in [0.29, 0.717) is 13.1 Å². The lowest BCUT2D eigenvalue weighted by Crippen LogP contribution is -2.50. The van der Waals surface area contributed by atoms with E-state index in [-0.39, 0.29) is 12.0 Å². The van der Waals surface area contributed by atoms with Crippen molar-refractivity contribution in [3.05, 3.63) is 53.1 Å². The molecule has 0 radical (unpaired) electrons. The Labute approximate surface area is 199 Å². The van der Waals surface area contributed by atoms with Gasteiger partial charge in [-0.1, -0.05) is 25.1 Å². The zero-order valence-electron chi connectivity index (χ0n) is 19.7. The maximum atomic E-state index is 11.0. The van der Waals surface area contributed by atoms with Crippen LogP contribution in [0.5, 0.6) is 5.75 Å². The van der Waals surface area contributed by atoms with Crippen LogP contribution in [0.15, 0.2) is 36.4 Å². The number of carbonyl (C=O) groups is 1. The van der Waals surface area contributed by atoms with E-state index in [1.165, 1.54) is 22.7 Å². The van der Waals surface area contributed by atoms with Gasteiger partial charge in [0.2, 0.25) is 0 Å². The van der Waals surface area contributed by atoms with Crippen LogP contribution in [-0.2, 0) is 17.6 Å². The van der Waals surface area contributed by atoms with E-state index in [2.05, 4.69) is 47.4 Å². The van der Waals surface area contributed by atoms with E-state index in [9.17, 15) is 4.79 Å². The van der Waals surface area contributed by atoms with Gasteiger partial charge in [-0.15, -0.1) is 0 Å². The van der Waals surface area contributed by atoms with Crippen molar-refractivity contribution in [2.75, 3.05) is 19.6 Å². The highest BCUT2D eigenvalue weighted by molar-refractivity contribution is 7.09. The van der Waals surface area contributed by atoms with Gasteiger partial charge in [0.15, 0.2) is 5.82 Å². The Morgan fingerprint density at radius 1 is 1.27 bits per heavy atom. The molecule has 1 aliphatic rings. The summed E-state index contributed by atoms with van der Waals surface area (Å²) in [6, 6.07) is 12.5. The number of hydrogen-bond acceptors (Lipinski definition) is 6. The molecule has 1 N–H and O–H groups in total. The molecule has 2 aromatic carbocycles. The highest BCUT2D eigenvalue weighted by Crippen LogP contribution is 2.32. The van der Waals surface area contributed by atoms with Crippen molar-refractivity contribution < 1.29 is 14.6 Å². The number of carboxylic acids is 1. The first kappa shape index (κ1) is 23.4. The van der Waals surface area contributed by atoms with E-state index in [1.807, 2.05) is 26.0 Å². The van der Waals surface area contributed by atoms with Gasteiger partial charge >= 0.3 is 5.97 Å². The molecule has 7 heteroatoms. The lowest BCUT2D eigenvalue weighted by Gasteiger charge is -2.36. The predicted molar refractivity (Wildman–Crippen MR) is 132 cm³/mol. The SMILES string of the molecule is CCc1c(CCN2CC(C(=O)O)C2)cccc1-c1nsc(-c2ccc(OC(C)C)c(C)c2)n1. The third kappa shape index (κ3) is 5.25. The molecule has 0 amide bonds. The van der Waals surface area contributed by atoms with Crippen LogP contribution in [0, 0.1) is 12.8 Å². The molecule has 174 valence electrons. The minimum Gasteiger partial charge on any atom is -0.491 e. The van der Waals surface area contributed by atoms with Crippen LogP contribution in [0.4, 0.5) is 0 Å². The molecule has 0 aliphatic carbocycles. The topological polar surface area (TPSA) is 75.6 Å². The monoisotopic (exact) mass is 465 g/mol. The van der Waals surface area contributed by atoms with Crippen molar-refractivity contribution in [3.63, 3.8) is 0 Å². The Morgan fingerprint density at radius 3 is 2.73 bits per heavy atom. The molecule has 33 heavy (non-hydrogen) atoms. The summed E-state index contributed by atoms with van der Waals surface area (Å²) in [5, 5.41) is 9.98. The Kier molecular flexibility index (Phi) is 7.10. The van der Waals surface area contributed by atoms with E-state index in [4.69, 9.17) is 14.8 Å². The summed E-state index contributed by atoms with van der Waals surface area (Å²) in [5.41, 5.74) is 5.78. The molecule has 0 atom stereocenters. The fourth-order valence-electron chi connectivity index (χ4n) is 4.30. The molecule has 3 aromatic rings. The molecular formula is C26H31N3O3S. The van der Waals surface area contributed by atoms with Crippen molar-refractivity contribution in [2.45, 2.75) is 46.6 Å². The molecule has 1 aliphatic heterocycles. The molecule has 0 unspecified atom stereocenters. The average molecular weight is 466 g/mol. The maximum absolute atomic E-state index is 11.0. The third-order valence-electron chi connectivity index (χ3n) is 6.08. The number of nitrogens with zero attached hydrogens (tertiary/aromatic N) is 3. The number of aryl methyl sites for hydroxylation is 1. The zero-order chi connectivity index (χ0) is 23.5. The maximum Gasteiger partial charge on any atom is 0.309 e. The Morgan fingerprint density at radius 2 is 2.06 bits per heavy atom. The number of carboxylic acid groups (broad SMARTS) is 1. The second-order valence-electron chi connectivity index (χ2n) is 8.91. The lowest BCUT2D eigenvalue weighted by molar-refractivity contribution is -0.147. The van der Waals surface area contributed by atoms with Crippen molar-refractivity contribution in [1.29, 1.82) is 0 Å². The number of ether oxygens (including phenoxy) is 1. The number of hydrogen-bond donors (Lipinski definition) is 1. The van der Waals surface area contributed by atoms with E-state index < -0.39 is 5.97 Å². The van der Waals surface area contributed by atoms with Crippen LogP contribution in [0.3, 0.4) is 0 Å². The van der Waals surface area contributed by atoms with Gasteiger partial charge < -0.3 is 14.7 Å². The van der Waals surface area contributed by atoms with Crippen LogP contribution in [-0.4, -0.2) is 51.1 Å². The quantitative estimate of drug-likeness (QED) is 0.474. The second-order valence-corrected chi connectivity index (χ2v) is 9.66. The zero-order valence-corrected chi connectivity index (χ0v) is 20.5. The van der Waals surface area contributed by atoms with Crippen molar-refractivity contribution in [2.24, 2.45) is 5.92 Å². The summed E-state index contributed by atoms with van der Waals surface area (Å²) >= 11 is 1.42. The van der Waals surface area contributed by atoms with Gasteiger partial charge in [-0.25, -0.2) is 4.98 Å². The first-order chi connectivity index (χ1) is 15.9. The molecule has 0 bridgehead atoms. The molecule has 6 nitrogen and oxygen atoms in total. The van der Waals surface area contributed by atoms with Gasteiger partial charge in [-0.2, -0.15) is 4.37 Å². The van der Waals surface area contributed by atoms with E-state index in [0.717, 1.165) is 52.7 Å². The molecule has 1 saturated heterocycles. The van der Waals surface area contributed by atoms with Crippen molar-refractivity contribution in [1.82, 2.24) is 14.3 Å². The molecule has 2 heterocycles. The van der Waals surface area contributed by atoms with Gasteiger partial charge in [0, 0.05) is 30.8 Å². The number of aliphatic carboxylic acids is 1. The van der Waals surface area contributed by atoms with Gasteiger partial charge in [0.1, 0.15) is 10.8 Å². The summed E-state index contributed by atoms with van der Waals surface area (Å²) in [6.07, 6.45) is 1.94. The van der Waals surface area contributed by atoms with Crippen molar-refractivity contribution in [3.8, 4) is 27.7 Å². The van der Waals surface area contributed by atoms with Gasteiger partial charge in [-0.3, -0.25) is 4.79 Å². The Hall–Kier alpha value is -2.77. The first-order valence-corrected chi connectivity index (χ1v) is 12.3. The molecule has 1 aromatic heterocycles. The number of benzene rings is 2. The number of rotatable bonds is 9. The molecule has 1 fully saturated rings. The fraction of sp³-hybridized carbons (Fsp3) is 0.423. The molecular weight excluding hydrogens is 434 g/mol. The molecule has 0 spiro atoms. The molecule has 4 rings (SSSR count). The minimum atomic E-state index is -0.690. The third-order valence-corrected chi connectivity index (χ3v) is 6.85. The summed E-state index contributed by atoms with van der Waals surface area (Å²) in [4.78, 5) is 18.1. The largest absolute Gasteiger partial charge is 0.491 e. The Bertz CT molecular complexity index is 1140. The van der Waals surface area contributed by atoms with Crippen LogP contribution in [0.2, 0.25) is 0 Å². The van der Waals surface area contributed by atoms with Gasteiger partial charge in [0.25, 0.3) is 0 Å². The highest BCUT2D eigenvalue weighted by atomic mass is 32.1. The molecule has 0 saturated carbocycles. The average Bonchev–Trinajstić information content (AvgIpc) is 3.23. The van der Waals surface area contributed by atoms with Crippen LogP contribution in [0.25, 0.3) is 22.0 Å². The summed E-state index contributed by atoms with van der Waals surface area (Å²) in [7, 11) is 0. The van der Waals surface area contributed by atoms with Crippen LogP contribution in [0.1, 0.15) is 37.5 Å². The number of aromatic nitrogens is 2. The Balaban J connectivity index is 1.51. The summed E-state index contributed by atoms with van der Waals surface area (Å²) < 4.78 is 10.5. The second kappa shape index (κ2) is 10.0. The van der Waals surface area contributed by atoms with Crippen LogP contribution < -0.4 is 4.74 Å². The van der Waals surface area contributed by atoms with E-state index in [1.54, 1.807) is 0 Å². The van der Waals surface area contributed by atoms with Crippen molar-refractivity contribution >= 4 is 17.5 Å².